The van der Waals surface area contributed by atoms with Gasteiger partial charge in [-0.3, -0.25) is 4.79 Å². The van der Waals surface area contributed by atoms with Gasteiger partial charge in [0, 0.05) is 12.1 Å². The molecule has 1 N–H and O–H groups in total. The van der Waals surface area contributed by atoms with Gasteiger partial charge in [-0.25, -0.2) is 0 Å². The Morgan fingerprint density at radius 1 is 1.19 bits per heavy atom. The first-order valence-electron chi connectivity index (χ1n) is 8.01. The predicted molar refractivity (Wildman–Crippen MR) is 95.4 cm³/mol. The Morgan fingerprint density at radius 3 is 2.85 bits per heavy atom. The van der Waals surface area contributed by atoms with Crippen molar-refractivity contribution in [3.05, 3.63) is 64.4 Å². The van der Waals surface area contributed by atoms with Crippen LogP contribution in [0.4, 0.5) is 0 Å². The number of carbonyl (C=O) groups is 1. The molecule has 0 aliphatic carbocycles. The van der Waals surface area contributed by atoms with Crippen LogP contribution in [-0.2, 0) is 6.54 Å². The van der Waals surface area contributed by atoms with Crippen molar-refractivity contribution < 1.29 is 18.8 Å². The number of aromatic nitrogens is 1. The summed E-state index contributed by atoms with van der Waals surface area (Å²) in [5.41, 5.74) is 2.35. The Hall–Kier alpha value is -2.99. The number of nitrogens with one attached hydrogen (secondary N) is 1. The van der Waals surface area contributed by atoms with E-state index in [2.05, 4.69) is 10.5 Å². The van der Waals surface area contributed by atoms with Crippen LogP contribution in [0.2, 0.25) is 5.02 Å². The van der Waals surface area contributed by atoms with Crippen molar-refractivity contribution in [2.75, 3.05) is 6.79 Å². The van der Waals surface area contributed by atoms with E-state index in [1.807, 2.05) is 30.3 Å². The third-order valence-corrected chi connectivity index (χ3v) is 4.44. The topological polar surface area (TPSA) is 73.6 Å². The van der Waals surface area contributed by atoms with E-state index in [1.54, 1.807) is 19.1 Å². The highest BCUT2D eigenvalue weighted by Gasteiger charge is 2.23. The van der Waals surface area contributed by atoms with E-state index in [4.69, 9.17) is 25.6 Å². The molecule has 2 aromatic carbocycles. The average Bonchev–Trinajstić information content (AvgIpc) is 3.26. The van der Waals surface area contributed by atoms with Gasteiger partial charge in [-0.15, -0.1) is 0 Å². The normalized spacial score (nSPS) is 12.2. The maximum atomic E-state index is 12.7. The summed E-state index contributed by atoms with van der Waals surface area (Å²) in [6, 6.07) is 12.7. The molecule has 0 spiro atoms. The van der Waals surface area contributed by atoms with E-state index in [1.165, 1.54) is 0 Å². The minimum absolute atomic E-state index is 0.215. The number of hydrogen-bond acceptors (Lipinski definition) is 5. The summed E-state index contributed by atoms with van der Waals surface area (Å²) in [5, 5.41) is 7.40. The number of hydrogen-bond donors (Lipinski definition) is 1. The molecule has 4 rings (SSSR count). The number of nitrogens with zero attached hydrogens (tertiary/aromatic N) is 1. The van der Waals surface area contributed by atoms with Gasteiger partial charge in [0.25, 0.3) is 5.91 Å². The fraction of sp³-hybridized carbons (Fsp3) is 0.158. The van der Waals surface area contributed by atoms with Crippen molar-refractivity contribution in [3.8, 4) is 22.8 Å². The molecule has 0 radical (unpaired) electrons. The summed E-state index contributed by atoms with van der Waals surface area (Å²) in [6.07, 6.45) is 0. The van der Waals surface area contributed by atoms with Crippen molar-refractivity contribution in [1.29, 1.82) is 0 Å². The monoisotopic (exact) mass is 370 g/mol. The van der Waals surface area contributed by atoms with Crippen molar-refractivity contribution in [2.24, 2.45) is 0 Å². The SMILES string of the molecule is Cc1onc(-c2ccccc2Cl)c1C(=O)NCc1ccc2c(c1)OCO2. The first-order valence-corrected chi connectivity index (χ1v) is 8.39. The summed E-state index contributed by atoms with van der Waals surface area (Å²) < 4.78 is 15.9. The van der Waals surface area contributed by atoms with E-state index in [0.29, 0.717) is 45.6 Å². The van der Waals surface area contributed by atoms with Gasteiger partial charge in [-0.1, -0.05) is 41.0 Å². The van der Waals surface area contributed by atoms with Crippen LogP contribution in [0.3, 0.4) is 0 Å². The minimum atomic E-state index is -0.281. The summed E-state index contributed by atoms with van der Waals surface area (Å²) in [5.74, 6) is 1.53. The zero-order valence-electron chi connectivity index (χ0n) is 13.9. The van der Waals surface area contributed by atoms with Gasteiger partial charge >= 0.3 is 0 Å². The van der Waals surface area contributed by atoms with Crippen LogP contribution in [0.1, 0.15) is 21.7 Å². The molecule has 0 bridgehead atoms. The molecule has 1 aliphatic heterocycles. The zero-order valence-corrected chi connectivity index (χ0v) is 14.7. The highest BCUT2D eigenvalue weighted by Crippen LogP contribution is 2.33. The Bertz CT molecular complexity index is 983. The average molecular weight is 371 g/mol. The summed E-state index contributed by atoms with van der Waals surface area (Å²) in [6.45, 7) is 2.25. The lowest BCUT2D eigenvalue weighted by Gasteiger charge is -2.07. The largest absolute Gasteiger partial charge is 0.454 e. The highest BCUT2D eigenvalue weighted by atomic mass is 35.5. The minimum Gasteiger partial charge on any atom is -0.454 e. The molecule has 1 amide bonds. The number of aryl methyl sites for hydroxylation is 1. The Morgan fingerprint density at radius 2 is 2.00 bits per heavy atom. The summed E-state index contributed by atoms with van der Waals surface area (Å²) in [7, 11) is 0. The van der Waals surface area contributed by atoms with Crippen LogP contribution < -0.4 is 14.8 Å². The van der Waals surface area contributed by atoms with Crippen LogP contribution in [0.25, 0.3) is 11.3 Å². The van der Waals surface area contributed by atoms with E-state index in [-0.39, 0.29) is 12.7 Å². The number of rotatable bonds is 4. The molecule has 3 aromatic rings. The number of fused-ring (bicyclic) bond motifs is 1. The highest BCUT2D eigenvalue weighted by molar-refractivity contribution is 6.33. The maximum Gasteiger partial charge on any atom is 0.257 e. The quantitative estimate of drug-likeness (QED) is 0.752. The fourth-order valence-corrected chi connectivity index (χ4v) is 3.02. The first kappa shape index (κ1) is 16.5. The second-order valence-corrected chi connectivity index (χ2v) is 6.22. The molecule has 7 heteroatoms. The summed E-state index contributed by atoms with van der Waals surface area (Å²) >= 11 is 6.23. The second-order valence-electron chi connectivity index (χ2n) is 5.81. The third-order valence-electron chi connectivity index (χ3n) is 4.11. The Balaban J connectivity index is 1.56. The lowest BCUT2D eigenvalue weighted by atomic mass is 10.1. The van der Waals surface area contributed by atoms with Crippen molar-refractivity contribution in [2.45, 2.75) is 13.5 Å². The number of amides is 1. The van der Waals surface area contributed by atoms with Gasteiger partial charge in [0.05, 0.1) is 5.02 Å². The van der Waals surface area contributed by atoms with E-state index in [9.17, 15) is 4.79 Å². The Labute approximate surface area is 154 Å². The zero-order chi connectivity index (χ0) is 18.1. The van der Waals surface area contributed by atoms with E-state index in [0.717, 1.165) is 5.56 Å². The van der Waals surface area contributed by atoms with Gasteiger partial charge in [0.1, 0.15) is 17.0 Å². The molecular weight excluding hydrogens is 356 g/mol. The lowest BCUT2D eigenvalue weighted by molar-refractivity contribution is 0.0950. The number of halogens is 1. The molecule has 0 atom stereocenters. The molecule has 0 unspecified atom stereocenters. The lowest BCUT2D eigenvalue weighted by Crippen LogP contribution is -2.23. The molecule has 2 heterocycles. The van der Waals surface area contributed by atoms with Crippen LogP contribution >= 0.6 is 11.6 Å². The number of carbonyl (C=O) groups excluding carboxylic acids is 1. The van der Waals surface area contributed by atoms with Crippen LogP contribution in [-0.4, -0.2) is 17.9 Å². The van der Waals surface area contributed by atoms with Gasteiger partial charge in [0.2, 0.25) is 6.79 Å². The van der Waals surface area contributed by atoms with Crippen LogP contribution in [0.5, 0.6) is 11.5 Å². The van der Waals surface area contributed by atoms with Gasteiger partial charge in [0.15, 0.2) is 11.5 Å². The number of benzene rings is 2. The van der Waals surface area contributed by atoms with Gasteiger partial charge in [-0.2, -0.15) is 0 Å². The molecule has 0 fully saturated rings. The molecule has 1 aromatic heterocycles. The molecule has 0 saturated heterocycles. The van der Waals surface area contributed by atoms with Crippen molar-refractivity contribution in [1.82, 2.24) is 10.5 Å². The first-order chi connectivity index (χ1) is 12.6. The maximum absolute atomic E-state index is 12.7. The van der Waals surface area contributed by atoms with Gasteiger partial charge in [-0.05, 0) is 30.7 Å². The fourth-order valence-electron chi connectivity index (χ4n) is 2.80. The van der Waals surface area contributed by atoms with E-state index < -0.39 is 0 Å². The van der Waals surface area contributed by atoms with Crippen LogP contribution in [0, 0.1) is 6.92 Å². The molecule has 1 aliphatic rings. The van der Waals surface area contributed by atoms with Crippen molar-refractivity contribution in [3.63, 3.8) is 0 Å². The van der Waals surface area contributed by atoms with Gasteiger partial charge < -0.3 is 19.3 Å². The molecule has 6 nitrogen and oxygen atoms in total. The van der Waals surface area contributed by atoms with E-state index >= 15 is 0 Å². The second kappa shape index (κ2) is 6.72. The summed E-state index contributed by atoms with van der Waals surface area (Å²) in [4.78, 5) is 12.7. The van der Waals surface area contributed by atoms with Crippen molar-refractivity contribution >= 4 is 17.5 Å². The van der Waals surface area contributed by atoms with Crippen LogP contribution in [0.15, 0.2) is 47.0 Å². The number of ether oxygens (including phenoxy) is 2. The molecule has 0 saturated carbocycles. The third kappa shape index (κ3) is 2.99. The standard InChI is InChI=1S/C19H15ClN2O4/c1-11-17(18(22-26-11)13-4-2-3-5-14(13)20)19(23)21-9-12-6-7-15-16(8-12)25-10-24-15/h2-8H,9-10H2,1H3,(H,21,23). The predicted octanol–water partition coefficient (Wildman–Crippen LogP) is 3.96. The smallest absolute Gasteiger partial charge is 0.257 e. The molecule has 26 heavy (non-hydrogen) atoms. The Kier molecular flexibility index (Phi) is 4.26. The molecule has 132 valence electrons. The molecular formula is C19H15ClN2O4.